The molecule has 0 unspecified atom stereocenters. The van der Waals surface area contributed by atoms with Crippen LogP contribution in [-0.4, -0.2) is 18.5 Å². The lowest BCUT2D eigenvalue weighted by molar-refractivity contribution is -0.290. The maximum atomic E-state index is 11.7. The molecule has 0 rings (SSSR count). The monoisotopic (exact) mass is 248 g/mol. The second kappa shape index (κ2) is 4.09. The summed E-state index contributed by atoms with van der Waals surface area (Å²) in [4.78, 5) is 0. The third kappa shape index (κ3) is 5.73. The molecule has 92 valence electrons. The van der Waals surface area contributed by atoms with E-state index >= 15 is 0 Å². The zero-order chi connectivity index (χ0) is 12.5. The van der Waals surface area contributed by atoms with Crippen LogP contribution in [0.3, 0.4) is 0 Å². The summed E-state index contributed by atoms with van der Waals surface area (Å²) in [5.74, 6) is -3.92. The molecule has 0 aliphatic carbocycles. The highest BCUT2D eigenvalue weighted by atomic mass is 19.4. The second-order valence-corrected chi connectivity index (χ2v) is 2.79. The smallest absolute Gasteiger partial charge is 0.171 e. The lowest BCUT2D eigenvalue weighted by Gasteiger charge is -2.23. The zero-order valence-corrected chi connectivity index (χ0v) is 6.89. The highest BCUT2D eigenvalue weighted by molar-refractivity contribution is 4.76. The van der Waals surface area contributed by atoms with Crippen molar-refractivity contribution < 1.29 is 39.5 Å². The molecule has 0 nitrogen and oxygen atoms in total. The van der Waals surface area contributed by atoms with Crippen molar-refractivity contribution in [3.05, 3.63) is 0 Å². The molecule has 0 atom stereocenters. The lowest BCUT2D eigenvalue weighted by atomic mass is 10.0. The van der Waals surface area contributed by atoms with Gasteiger partial charge in [-0.15, -0.1) is 0 Å². The Morgan fingerprint density at radius 2 is 1.00 bits per heavy atom. The fourth-order valence-corrected chi connectivity index (χ4v) is 0.821. The van der Waals surface area contributed by atoms with Crippen molar-refractivity contribution in [2.75, 3.05) is 0 Å². The van der Waals surface area contributed by atoms with E-state index in [1.165, 1.54) is 0 Å². The van der Waals surface area contributed by atoms with Gasteiger partial charge in [0, 0.05) is 6.42 Å². The minimum atomic E-state index is -5.70. The fraction of sp³-hybridized carbons (Fsp3) is 1.00. The van der Waals surface area contributed by atoms with Gasteiger partial charge in [0.25, 0.3) is 0 Å². The summed E-state index contributed by atoms with van der Waals surface area (Å²) in [5.41, 5.74) is 0. The van der Waals surface area contributed by atoms with E-state index in [2.05, 4.69) is 0 Å². The molecule has 0 heterocycles. The first-order valence-corrected chi connectivity index (χ1v) is 3.54. The van der Waals surface area contributed by atoms with Crippen molar-refractivity contribution in [1.29, 1.82) is 0 Å². The minimum absolute atomic E-state index is 2.03. The van der Waals surface area contributed by atoms with Crippen LogP contribution in [0.25, 0.3) is 0 Å². The molecule has 0 aromatic carbocycles. The number of hydrogen-bond acceptors (Lipinski definition) is 0. The molecule has 0 amide bonds. The van der Waals surface area contributed by atoms with Gasteiger partial charge in [0.05, 0.1) is 0 Å². The van der Waals surface area contributed by atoms with Crippen LogP contribution in [-0.2, 0) is 0 Å². The topological polar surface area (TPSA) is 0 Å². The predicted octanol–water partition coefficient (Wildman–Crippen LogP) is 4.07. The van der Waals surface area contributed by atoms with Crippen LogP contribution in [0.2, 0.25) is 0 Å². The van der Waals surface area contributed by atoms with E-state index in [0.717, 1.165) is 0 Å². The molecule has 0 saturated carbocycles. The van der Waals surface area contributed by atoms with Gasteiger partial charge in [0.2, 0.25) is 0 Å². The quantitative estimate of drug-likeness (QED) is 0.646. The maximum absolute atomic E-state index is 11.7. The van der Waals surface area contributed by atoms with Crippen LogP contribution in [0.5, 0.6) is 0 Å². The highest BCUT2D eigenvalue weighted by Gasteiger charge is 2.56. The van der Waals surface area contributed by atoms with Crippen LogP contribution in [0.1, 0.15) is 12.8 Å². The first kappa shape index (κ1) is 14.4. The van der Waals surface area contributed by atoms with Crippen molar-refractivity contribution in [3.63, 3.8) is 0 Å². The van der Waals surface area contributed by atoms with E-state index in [-0.39, 0.29) is 0 Å². The van der Waals surface area contributed by atoms with Crippen molar-refractivity contribution in [3.8, 4) is 0 Å². The third-order valence-electron chi connectivity index (χ3n) is 1.51. The summed E-state index contributed by atoms with van der Waals surface area (Å²) >= 11 is 0. The van der Waals surface area contributed by atoms with Crippen molar-refractivity contribution >= 4 is 0 Å². The van der Waals surface area contributed by atoms with Gasteiger partial charge >= 0.3 is 18.5 Å². The predicted molar refractivity (Wildman–Crippen MR) is 30.9 cm³/mol. The van der Waals surface area contributed by atoms with Gasteiger partial charge in [-0.1, -0.05) is 0 Å². The van der Waals surface area contributed by atoms with Crippen LogP contribution >= 0.6 is 0 Å². The molecule has 9 heteroatoms. The Bertz CT molecular complexity index is 180. The first-order valence-electron chi connectivity index (χ1n) is 3.54. The zero-order valence-electron chi connectivity index (χ0n) is 6.89. The molecule has 0 spiro atoms. The summed E-state index contributed by atoms with van der Waals surface area (Å²) in [5, 5.41) is 0. The van der Waals surface area contributed by atoms with Gasteiger partial charge in [0.15, 0.2) is 5.92 Å². The maximum Gasteiger partial charge on any atom is 0.400 e. The SMILES string of the molecule is FC(F)(F)CCC(C(F)(F)F)C(F)(F)F. The van der Waals surface area contributed by atoms with Crippen LogP contribution < -0.4 is 0 Å². The van der Waals surface area contributed by atoms with E-state index in [4.69, 9.17) is 0 Å². The van der Waals surface area contributed by atoms with E-state index in [1.54, 1.807) is 0 Å². The van der Waals surface area contributed by atoms with E-state index in [9.17, 15) is 39.5 Å². The third-order valence-corrected chi connectivity index (χ3v) is 1.51. The largest absolute Gasteiger partial charge is 0.400 e. The first-order chi connectivity index (χ1) is 6.34. The second-order valence-electron chi connectivity index (χ2n) is 2.79. The van der Waals surface area contributed by atoms with Crippen LogP contribution in [0.4, 0.5) is 39.5 Å². The summed E-state index contributed by atoms with van der Waals surface area (Å²) in [6.07, 6.45) is -20.6. The molecule has 15 heavy (non-hydrogen) atoms. The van der Waals surface area contributed by atoms with Gasteiger partial charge in [-0.2, -0.15) is 39.5 Å². The average Bonchev–Trinajstić information content (AvgIpc) is 1.75. The van der Waals surface area contributed by atoms with Gasteiger partial charge in [-0.3, -0.25) is 0 Å². The van der Waals surface area contributed by atoms with Gasteiger partial charge < -0.3 is 0 Å². The summed E-state index contributed by atoms with van der Waals surface area (Å²) < 4.78 is 105. The van der Waals surface area contributed by atoms with Crippen molar-refractivity contribution in [2.45, 2.75) is 31.4 Å². The van der Waals surface area contributed by atoms with Crippen molar-refractivity contribution in [2.24, 2.45) is 5.92 Å². The van der Waals surface area contributed by atoms with E-state index < -0.39 is 37.3 Å². The van der Waals surface area contributed by atoms with E-state index in [1.807, 2.05) is 0 Å². The number of halogens is 9. The summed E-state index contributed by atoms with van der Waals surface area (Å²) in [6, 6.07) is 0. The number of rotatable bonds is 2. The molecule has 0 bridgehead atoms. The molecule has 0 N–H and O–H groups in total. The molecule has 0 saturated heterocycles. The summed E-state index contributed by atoms with van der Waals surface area (Å²) in [7, 11) is 0. The molecule has 0 aromatic heterocycles. The van der Waals surface area contributed by atoms with Crippen LogP contribution in [0.15, 0.2) is 0 Å². The average molecular weight is 248 g/mol. The lowest BCUT2D eigenvalue weighted by Crippen LogP contribution is -2.37. The Kier molecular flexibility index (Phi) is 3.92. The highest BCUT2D eigenvalue weighted by Crippen LogP contribution is 2.43. The van der Waals surface area contributed by atoms with Crippen LogP contribution in [0, 0.1) is 5.92 Å². The molecule has 0 radical (unpaired) electrons. The standard InChI is InChI=1S/C6H5F9/c7-4(8,9)2-1-3(5(10,11)12)6(13,14)15/h3H,1-2H2. The number of hydrogen-bond donors (Lipinski definition) is 0. The normalized spacial score (nSPS) is 14.8. The van der Waals surface area contributed by atoms with Crippen molar-refractivity contribution in [1.82, 2.24) is 0 Å². The minimum Gasteiger partial charge on any atom is -0.171 e. The summed E-state index contributed by atoms with van der Waals surface area (Å²) in [6.45, 7) is 0. The molecular formula is C6H5F9. The van der Waals surface area contributed by atoms with Gasteiger partial charge in [-0.25, -0.2) is 0 Å². The number of alkyl halides is 9. The Labute approximate surface area is 78.1 Å². The Balaban J connectivity index is 4.56. The molecule has 0 aromatic rings. The Morgan fingerprint density at radius 1 is 0.667 bits per heavy atom. The molecular weight excluding hydrogens is 243 g/mol. The molecule has 0 aliphatic rings. The van der Waals surface area contributed by atoms with Gasteiger partial charge in [-0.05, 0) is 6.42 Å². The van der Waals surface area contributed by atoms with Gasteiger partial charge in [0.1, 0.15) is 0 Å². The van der Waals surface area contributed by atoms with E-state index in [0.29, 0.717) is 0 Å². The molecule has 0 fully saturated rings. The molecule has 0 aliphatic heterocycles. The Morgan fingerprint density at radius 3 is 1.20 bits per heavy atom. The Hall–Kier alpha value is -0.630. The fourth-order valence-electron chi connectivity index (χ4n) is 0.821.